The van der Waals surface area contributed by atoms with Crippen LogP contribution in [0.2, 0.25) is 0 Å². The Hall–Kier alpha value is -2.86. The van der Waals surface area contributed by atoms with Gasteiger partial charge >= 0.3 is 0 Å². The molecule has 0 radical (unpaired) electrons. The van der Waals surface area contributed by atoms with Crippen LogP contribution in [0.5, 0.6) is 5.75 Å². The van der Waals surface area contributed by atoms with Gasteiger partial charge in [-0.15, -0.1) is 0 Å². The minimum atomic E-state index is -0.144. The normalized spacial score (nSPS) is 17.3. The zero-order valence-corrected chi connectivity index (χ0v) is 16.8. The van der Waals surface area contributed by atoms with E-state index >= 15 is 0 Å². The van der Waals surface area contributed by atoms with Gasteiger partial charge in [-0.25, -0.2) is 0 Å². The lowest BCUT2D eigenvalue weighted by Crippen LogP contribution is -2.40. The average molecular weight is 393 g/mol. The lowest BCUT2D eigenvalue weighted by molar-refractivity contribution is 0.0903. The van der Waals surface area contributed by atoms with Crippen LogP contribution in [0.3, 0.4) is 0 Å². The largest absolute Gasteiger partial charge is 0.494 e. The number of furan rings is 1. The summed E-state index contributed by atoms with van der Waals surface area (Å²) in [5.74, 6) is 1.54. The summed E-state index contributed by atoms with van der Waals surface area (Å²) in [6.07, 6.45) is 3.78. The molecule has 1 atom stereocenters. The summed E-state index contributed by atoms with van der Waals surface area (Å²) in [6, 6.07) is 13.7. The molecule has 6 nitrogen and oxygen atoms in total. The molecule has 29 heavy (non-hydrogen) atoms. The molecule has 1 unspecified atom stereocenters. The number of rotatable bonds is 7. The van der Waals surface area contributed by atoms with Gasteiger partial charge in [-0.1, -0.05) is 6.07 Å². The van der Waals surface area contributed by atoms with Crippen molar-refractivity contribution < 1.29 is 13.9 Å². The number of fused-ring (bicyclic) bond motifs is 1. The molecule has 1 fully saturated rings. The minimum Gasteiger partial charge on any atom is -0.494 e. The van der Waals surface area contributed by atoms with Crippen molar-refractivity contribution in [3.8, 4) is 5.75 Å². The van der Waals surface area contributed by atoms with Crippen molar-refractivity contribution in [3.05, 3.63) is 60.2 Å². The fraction of sp³-hybridized carbons (Fsp3) is 0.391. The van der Waals surface area contributed by atoms with Crippen LogP contribution in [0.25, 0.3) is 10.9 Å². The van der Waals surface area contributed by atoms with Gasteiger partial charge in [0.05, 0.1) is 24.1 Å². The summed E-state index contributed by atoms with van der Waals surface area (Å²) in [6.45, 7) is 6.16. The van der Waals surface area contributed by atoms with Crippen LogP contribution in [0, 0.1) is 5.92 Å². The summed E-state index contributed by atoms with van der Waals surface area (Å²) in [7, 11) is 0. The number of carbonyl (C=O) groups excluding carboxylic acids is 1. The summed E-state index contributed by atoms with van der Waals surface area (Å²) < 4.78 is 10.7. The Balaban J connectivity index is 1.34. The third-order valence-corrected chi connectivity index (χ3v) is 5.31. The average Bonchev–Trinajstić information content (AvgIpc) is 3.28. The number of carbonyl (C=O) groups is 1. The number of hydrogen-bond acceptors (Lipinski definition) is 5. The smallest absolute Gasteiger partial charge is 0.286 e. The predicted octanol–water partition coefficient (Wildman–Crippen LogP) is 3.87. The molecular weight excluding hydrogens is 366 g/mol. The molecule has 0 saturated carbocycles. The fourth-order valence-corrected chi connectivity index (χ4v) is 3.91. The van der Waals surface area contributed by atoms with Gasteiger partial charge in [0, 0.05) is 25.0 Å². The van der Waals surface area contributed by atoms with Crippen molar-refractivity contribution >= 4 is 16.8 Å². The van der Waals surface area contributed by atoms with Gasteiger partial charge in [-0.3, -0.25) is 14.7 Å². The third kappa shape index (κ3) is 4.95. The van der Waals surface area contributed by atoms with Crippen molar-refractivity contribution in [1.29, 1.82) is 0 Å². The Labute approximate surface area is 170 Å². The van der Waals surface area contributed by atoms with Gasteiger partial charge in [0.15, 0.2) is 5.76 Å². The van der Waals surface area contributed by atoms with Gasteiger partial charge in [0.1, 0.15) is 5.75 Å². The number of nitrogens with zero attached hydrogens (tertiary/aromatic N) is 2. The summed E-state index contributed by atoms with van der Waals surface area (Å²) in [4.78, 5) is 19.3. The van der Waals surface area contributed by atoms with E-state index in [1.165, 1.54) is 6.26 Å². The number of pyridine rings is 1. The number of hydrogen-bond donors (Lipinski definition) is 1. The number of ether oxygens (including phenoxy) is 1. The Bertz CT molecular complexity index is 955. The van der Waals surface area contributed by atoms with E-state index in [9.17, 15) is 4.79 Å². The molecule has 4 rings (SSSR count). The fourth-order valence-electron chi connectivity index (χ4n) is 3.91. The molecule has 1 aromatic carbocycles. The van der Waals surface area contributed by atoms with E-state index < -0.39 is 0 Å². The molecule has 1 aliphatic heterocycles. The van der Waals surface area contributed by atoms with Crippen LogP contribution in [-0.2, 0) is 6.54 Å². The summed E-state index contributed by atoms with van der Waals surface area (Å²) in [5, 5.41) is 4.09. The second-order valence-corrected chi connectivity index (χ2v) is 7.52. The maximum Gasteiger partial charge on any atom is 0.286 e. The van der Waals surface area contributed by atoms with Crippen LogP contribution < -0.4 is 10.1 Å². The van der Waals surface area contributed by atoms with E-state index in [1.54, 1.807) is 12.1 Å². The van der Waals surface area contributed by atoms with E-state index in [4.69, 9.17) is 14.1 Å². The van der Waals surface area contributed by atoms with Crippen molar-refractivity contribution in [2.45, 2.75) is 26.3 Å². The van der Waals surface area contributed by atoms with Crippen molar-refractivity contribution in [1.82, 2.24) is 15.2 Å². The first kappa shape index (κ1) is 19.5. The maximum atomic E-state index is 12.1. The number of benzene rings is 1. The highest BCUT2D eigenvalue weighted by Crippen LogP contribution is 2.22. The van der Waals surface area contributed by atoms with Crippen LogP contribution in [0.15, 0.2) is 53.1 Å². The van der Waals surface area contributed by atoms with Crippen molar-refractivity contribution in [2.24, 2.45) is 5.92 Å². The number of amides is 1. The van der Waals surface area contributed by atoms with Gasteiger partial charge in [0.25, 0.3) is 5.91 Å². The second kappa shape index (κ2) is 9.09. The second-order valence-electron chi connectivity index (χ2n) is 7.52. The van der Waals surface area contributed by atoms with Crippen LogP contribution >= 0.6 is 0 Å². The molecule has 6 heteroatoms. The molecule has 1 N–H and O–H groups in total. The Morgan fingerprint density at radius 3 is 3.07 bits per heavy atom. The highest BCUT2D eigenvalue weighted by molar-refractivity contribution is 5.91. The maximum absolute atomic E-state index is 12.1. The van der Waals surface area contributed by atoms with Gasteiger partial charge in [-0.05, 0) is 68.6 Å². The minimum absolute atomic E-state index is 0.144. The summed E-state index contributed by atoms with van der Waals surface area (Å²) in [5.41, 5.74) is 2.06. The lowest BCUT2D eigenvalue weighted by Gasteiger charge is -2.32. The molecule has 3 heterocycles. The quantitative estimate of drug-likeness (QED) is 0.660. The van der Waals surface area contributed by atoms with Gasteiger partial charge in [0.2, 0.25) is 0 Å². The highest BCUT2D eigenvalue weighted by Gasteiger charge is 2.21. The van der Waals surface area contributed by atoms with Crippen LogP contribution in [0.4, 0.5) is 0 Å². The topological polar surface area (TPSA) is 67.6 Å². The molecule has 0 spiro atoms. The molecule has 152 valence electrons. The number of nitrogens with one attached hydrogen (secondary N) is 1. The van der Waals surface area contributed by atoms with Crippen molar-refractivity contribution in [2.75, 3.05) is 26.2 Å². The predicted molar refractivity (Wildman–Crippen MR) is 112 cm³/mol. The van der Waals surface area contributed by atoms with Gasteiger partial charge in [-0.2, -0.15) is 0 Å². The van der Waals surface area contributed by atoms with E-state index in [0.717, 1.165) is 54.8 Å². The van der Waals surface area contributed by atoms with E-state index in [-0.39, 0.29) is 5.91 Å². The lowest BCUT2D eigenvalue weighted by atomic mass is 9.97. The molecule has 0 bridgehead atoms. The zero-order chi connectivity index (χ0) is 20.1. The number of likely N-dealkylation sites (tertiary alicyclic amines) is 1. The van der Waals surface area contributed by atoms with Crippen molar-refractivity contribution in [3.63, 3.8) is 0 Å². The highest BCUT2D eigenvalue weighted by atomic mass is 16.5. The Kier molecular flexibility index (Phi) is 6.10. The Morgan fingerprint density at radius 2 is 2.24 bits per heavy atom. The molecular formula is C23H27N3O3. The molecule has 1 amide bonds. The van der Waals surface area contributed by atoms with Crippen LogP contribution in [0.1, 0.15) is 36.0 Å². The number of aromatic nitrogens is 1. The van der Waals surface area contributed by atoms with E-state index in [0.29, 0.717) is 24.8 Å². The SMILES string of the molecule is CCOc1ccc2nc(CN3CCCC(CNC(=O)c4ccco4)C3)ccc2c1. The van der Waals surface area contributed by atoms with Gasteiger partial charge < -0.3 is 14.5 Å². The van der Waals surface area contributed by atoms with Crippen LogP contribution in [-0.4, -0.2) is 42.0 Å². The monoisotopic (exact) mass is 393 g/mol. The molecule has 1 saturated heterocycles. The first-order chi connectivity index (χ1) is 14.2. The first-order valence-corrected chi connectivity index (χ1v) is 10.3. The Morgan fingerprint density at radius 1 is 1.31 bits per heavy atom. The van der Waals surface area contributed by atoms with E-state index in [1.807, 2.05) is 25.1 Å². The molecule has 0 aliphatic carbocycles. The molecule has 2 aromatic heterocycles. The zero-order valence-electron chi connectivity index (χ0n) is 16.8. The number of piperidine rings is 1. The first-order valence-electron chi connectivity index (χ1n) is 10.3. The third-order valence-electron chi connectivity index (χ3n) is 5.31. The van der Waals surface area contributed by atoms with E-state index in [2.05, 4.69) is 22.3 Å². The standard InChI is InChI=1S/C23H27N3O3/c1-2-28-20-9-10-21-18(13-20)7-8-19(25-21)16-26-11-3-5-17(15-26)14-24-23(27)22-6-4-12-29-22/h4,6-10,12-13,17H,2-3,5,11,14-16H2,1H3,(H,24,27). The summed E-state index contributed by atoms with van der Waals surface area (Å²) >= 11 is 0. The molecule has 1 aliphatic rings. The molecule has 3 aromatic rings.